The molecule has 1 atom stereocenters. The molecule has 2 aliphatic rings. The predicted octanol–water partition coefficient (Wildman–Crippen LogP) is 1.59. The summed E-state index contributed by atoms with van der Waals surface area (Å²) in [6.07, 6.45) is 1.11. The van der Waals surface area contributed by atoms with Gasteiger partial charge >= 0.3 is 6.09 Å². The molecular weight excluding hydrogens is 510 g/mol. The standard InChI is InChI=1S/C27H37N3O9/c1-27(2,3)39-26(35)28-10-12-37-14-16-38-15-13-36-11-4-5-18-6-7-19-20(17-18)25(34)30(24(19)33)21-8-9-22(31)29-23(21)32/h6-7,17,21H,4-5,8-16H2,1-3H3,(H,28,35)(H,29,31,32). The van der Waals surface area contributed by atoms with E-state index in [0.29, 0.717) is 59.0 Å². The molecule has 3 rings (SSSR count). The fourth-order valence-electron chi connectivity index (χ4n) is 4.13. The normalized spacial score (nSPS) is 17.3. The molecule has 1 aromatic carbocycles. The highest BCUT2D eigenvalue weighted by atomic mass is 16.6. The predicted molar refractivity (Wildman–Crippen MR) is 138 cm³/mol. The lowest BCUT2D eigenvalue weighted by Gasteiger charge is -2.27. The third kappa shape index (κ3) is 9.12. The van der Waals surface area contributed by atoms with Crippen LogP contribution in [0, 0.1) is 0 Å². The van der Waals surface area contributed by atoms with Gasteiger partial charge in [0.15, 0.2) is 0 Å². The Morgan fingerprint density at radius 3 is 2.26 bits per heavy atom. The third-order valence-electron chi connectivity index (χ3n) is 5.92. The average Bonchev–Trinajstić information content (AvgIpc) is 3.10. The summed E-state index contributed by atoms with van der Waals surface area (Å²) in [5.74, 6) is -2.05. The van der Waals surface area contributed by atoms with E-state index in [4.69, 9.17) is 18.9 Å². The molecule has 1 saturated heterocycles. The number of fused-ring (bicyclic) bond motifs is 1. The van der Waals surface area contributed by atoms with Gasteiger partial charge in [0, 0.05) is 19.6 Å². The van der Waals surface area contributed by atoms with Gasteiger partial charge in [-0.3, -0.25) is 29.4 Å². The van der Waals surface area contributed by atoms with Gasteiger partial charge in [0.1, 0.15) is 11.6 Å². The molecule has 0 saturated carbocycles. The van der Waals surface area contributed by atoms with Crippen LogP contribution in [0.5, 0.6) is 0 Å². The number of alkyl carbamates (subject to hydrolysis) is 1. The highest BCUT2D eigenvalue weighted by Gasteiger charge is 2.44. The first-order valence-corrected chi connectivity index (χ1v) is 13.1. The molecule has 0 radical (unpaired) electrons. The Morgan fingerprint density at radius 2 is 1.59 bits per heavy atom. The van der Waals surface area contributed by atoms with Crippen molar-refractivity contribution in [3.8, 4) is 0 Å². The second-order valence-corrected chi connectivity index (χ2v) is 10.2. The lowest BCUT2D eigenvalue weighted by atomic mass is 10.0. The van der Waals surface area contributed by atoms with Gasteiger partial charge in [-0.1, -0.05) is 6.07 Å². The lowest BCUT2D eigenvalue weighted by molar-refractivity contribution is -0.136. The molecule has 12 heteroatoms. The first-order chi connectivity index (χ1) is 18.6. The number of hydrogen-bond acceptors (Lipinski definition) is 9. The molecule has 0 spiro atoms. The van der Waals surface area contributed by atoms with Gasteiger partial charge < -0.3 is 24.3 Å². The molecule has 0 aliphatic carbocycles. The van der Waals surface area contributed by atoms with Crippen LogP contribution in [0.4, 0.5) is 4.79 Å². The van der Waals surface area contributed by atoms with Crippen LogP contribution in [-0.4, -0.2) is 92.5 Å². The molecule has 12 nitrogen and oxygen atoms in total. The number of carbonyl (C=O) groups excluding carboxylic acids is 5. The van der Waals surface area contributed by atoms with Crippen LogP contribution in [0.15, 0.2) is 18.2 Å². The third-order valence-corrected chi connectivity index (χ3v) is 5.92. The van der Waals surface area contributed by atoms with Gasteiger partial charge in [-0.05, 0) is 57.7 Å². The number of rotatable bonds is 14. The second kappa shape index (κ2) is 14.2. The Balaban J connectivity index is 1.25. The van der Waals surface area contributed by atoms with Crippen molar-refractivity contribution in [1.82, 2.24) is 15.5 Å². The zero-order valence-corrected chi connectivity index (χ0v) is 22.7. The monoisotopic (exact) mass is 547 g/mol. The zero-order chi connectivity index (χ0) is 28.4. The quantitative estimate of drug-likeness (QED) is 0.262. The molecule has 1 unspecified atom stereocenters. The molecule has 1 fully saturated rings. The van der Waals surface area contributed by atoms with Gasteiger partial charge in [-0.2, -0.15) is 0 Å². The smallest absolute Gasteiger partial charge is 0.407 e. The summed E-state index contributed by atoms with van der Waals surface area (Å²) in [5, 5.41) is 4.80. The van der Waals surface area contributed by atoms with Crippen LogP contribution in [0.25, 0.3) is 0 Å². The van der Waals surface area contributed by atoms with Crippen molar-refractivity contribution >= 4 is 29.7 Å². The first-order valence-electron chi connectivity index (χ1n) is 13.1. The van der Waals surface area contributed by atoms with Gasteiger partial charge in [-0.15, -0.1) is 0 Å². The Hall–Kier alpha value is -3.35. The molecule has 2 aliphatic heterocycles. The Morgan fingerprint density at radius 1 is 0.949 bits per heavy atom. The minimum Gasteiger partial charge on any atom is -0.444 e. The van der Waals surface area contributed by atoms with E-state index in [-0.39, 0.29) is 24.0 Å². The zero-order valence-electron chi connectivity index (χ0n) is 22.7. The summed E-state index contributed by atoms with van der Waals surface area (Å²) in [6.45, 7) is 8.27. The topological polar surface area (TPSA) is 150 Å². The van der Waals surface area contributed by atoms with Crippen molar-refractivity contribution < 1.29 is 42.9 Å². The first kappa shape index (κ1) is 30.2. The fraction of sp³-hybridized carbons (Fsp3) is 0.593. The van der Waals surface area contributed by atoms with E-state index in [2.05, 4.69) is 10.6 Å². The van der Waals surface area contributed by atoms with Crippen LogP contribution in [0.2, 0.25) is 0 Å². The van der Waals surface area contributed by atoms with E-state index in [1.54, 1.807) is 39.0 Å². The molecule has 2 heterocycles. The number of hydrogen-bond donors (Lipinski definition) is 2. The Labute approximate surface area is 227 Å². The number of imide groups is 2. The summed E-state index contributed by atoms with van der Waals surface area (Å²) in [7, 11) is 0. The van der Waals surface area contributed by atoms with Crippen molar-refractivity contribution in [1.29, 1.82) is 0 Å². The van der Waals surface area contributed by atoms with E-state index in [0.717, 1.165) is 10.5 Å². The molecule has 2 N–H and O–H groups in total. The minimum atomic E-state index is -0.970. The molecule has 1 aromatic rings. The summed E-state index contributed by atoms with van der Waals surface area (Å²) >= 11 is 0. The summed E-state index contributed by atoms with van der Waals surface area (Å²) < 4.78 is 21.6. The maximum Gasteiger partial charge on any atom is 0.407 e. The maximum absolute atomic E-state index is 12.9. The van der Waals surface area contributed by atoms with Crippen LogP contribution >= 0.6 is 0 Å². The second-order valence-electron chi connectivity index (χ2n) is 10.2. The van der Waals surface area contributed by atoms with Crippen molar-refractivity contribution in [2.24, 2.45) is 0 Å². The summed E-state index contributed by atoms with van der Waals surface area (Å²) in [5.41, 5.74) is 0.899. The Kier molecular flexibility index (Phi) is 11.0. The van der Waals surface area contributed by atoms with Gasteiger partial charge in [0.25, 0.3) is 11.8 Å². The largest absolute Gasteiger partial charge is 0.444 e. The van der Waals surface area contributed by atoms with Crippen LogP contribution in [0.1, 0.15) is 66.3 Å². The average molecular weight is 548 g/mol. The molecule has 39 heavy (non-hydrogen) atoms. The number of benzene rings is 1. The number of nitrogens with zero attached hydrogens (tertiary/aromatic N) is 1. The van der Waals surface area contributed by atoms with Crippen molar-refractivity contribution in [3.63, 3.8) is 0 Å². The van der Waals surface area contributed by atoms with Crippen LogP contribution in [0.3, 0.4) is 0 Å². The number of aryl methyl sites for hydroxylation is 1. The summed E-state index contributed by atoms with van der Waals surface area (Å²) in [6, 6.07) is 4.13. The number of carbonyl (C=O) groups is 5. The van der Waals surface area contributed by atoms with E-state index < -0.39 is 41.4 Å². The number of piperidine rings is 1. The molecule has 0 aromatic heterocycles. The van der Waals surface area contributed by atoms with Crippen LogP contribution < -0.4 is 10.6 Å². The van der Waals surface area contributed by atoms with Gasteiger partial charge in [0.2, 0.25) is 11.8 Å². The SMILES string of the molecule is CC(C)(C)OC(=O)NCCOCCOCCOCCCc1ccc2c(c1)C(=O)N(C1CCC(=O)NC1=O)C2=O. The van der Waals surface area contributed by atoms with Crippen molar-refractivity contribution in [2.75, 3.05) is 46.2 Å². The van der Waals surface area contributed by atoms with Gasteiger partial charge in [-0.25, -0.2) is 4.79 Å². The maximum atomic E-state index is 12.9. The molecule has 5 amide bonds. The fourth-order valence-corrected chi connectivity index (χ4v) is 4.13. The minimum absolute atomic E-state index is 0.0863. The summed E-state index contributed by atoms with van der Waals surface area (Å²) in [4.78, 5) is 61.7. The number of amides is 5. The van der Waals surface area contributed by atoms with Crippen molar-refractivity contribution in [2.45, 2.75) is 58.1 Å². The molecular formula is C27H37N3O9. The number of nitrogens with one attached hydrogen (secondary N) is 2. The lowest BCUT2D eigenvalue weighted by Crippen LogP contribution is -2.54. The Bertz CT molecular complexity index is 1070. The van der Waals surface area contributed by atoms with E-state index in [9.17, 15) is 24.0 Å². The van der Waals surface area contributed by atoms with E-state index in [1.165, 1.54) is 0 Å². The highest BCUT2D eigenvalue weighted by molar-refractivity contribution is 6.23. The number of ether oxygens (including phenoxy) is 4. The van der Waals surface area contributed by atoms with E-state index >= 15 is 0 Å². The molecule has 0 bridgehead atoms. The van der Waals surface area contributed by atoms with Gasteiger partial charge in [0.05, 0.1) is 44.2 Å². The van der Waals surface area contributed by atoms with Crippen LogP contribution in [-0.2, 0) is 35.0 Å². The molecule has 214 valence electrons. The highest BCUT2D eigenvalue weighted by Crippen LogP contribution is 2.28. The van der Waals surface area contributed by atoms with Crippen molar-refractivity contribution in [3.05, 3.63) is 34.9 Å². The van der Waals surface area contributed by atoms with E-state index in [1.807, 2.05) is 0 Å².